The van der Waals surface area contributed by atoms with Crippen molar-refractivity contribution in [3.63, 3.8) is 0 Å². The maximum absolute atomic E-state index is 13.3. The van der Waals surface area contributed by atoms with E-state index in [9.17, 15) is 17.6 Å². The number of halogens is 2. The zero-order chi connectivity index (χ0) is 19.9. The van der Waals surface area contributed by atoms with Gasteiger partial charge in [0.05, 0.1) is 17.9 Å². The van der Waals surface area contributed by atoms with E-state index in [-0.39, 0.29) is 22.8 Å². The second-order valence-corrected chi connectivity index (χ2v) is 8.34. The van der Waals surface area contributed by atoms with Crippen LogP contribution in [0, 0.1) is 5.82 Å². The van der Waals surface area contributed by atoms with Crippen molar-refractivity contribution in [2.45, 2.75) is 11.4 Å². The smallest absolute Gasteiger partial charge is 0.287 e. The minimum atomic E-state index is -4.15. The van der Waals surface area contributed by atoms with Crippen molar-refractivity contribution in [1.29, 1.82) is 0 Å². The third-order valence-corrected chi connectivity index (χ3v) is 6.54. The number of carbonyl (C=O) groups excluding carboxylic acids is 1. The van der Waals surface area contributed by atoms with E-state index in [0.29, 0.717) is 14.9 Å². The van der Waals surface area contributed by atoms with Gasteiger partial charge in [-0.15, -0.1) is 0 Å². The van der Waals surface area contributed by atoms with Crippen LogP contribution in [0.15, 0.2) is 77.7 Å². The highest BCUT2D eigenvalue weighted by atomic mass is 35.5. The SMILES string of the molecule is O=C1N(Cc2ccccc2Cl)c2ccccc2S(=O)(=O)N1c1ccc(F)cc1. The lowest BCUT2D eigenvalue weighted by atomic mass is 10.2. The summed E-state index contributed by atoms with van der Waals surface area (Å²) >= 11 is 6.23. The summed E-state index contributed by atoms with van der Waals surface area (Å²) in [6, 6.07) is 17.3. The molecule has 4 rings (SSSR count). The summed E-state index contributed by atoms with van der Waals surface area (Å²) in [5, 5.41) is 0.467. The van der Waals surface area contributed by atoms with Gasteiger partial charge in [-0.3, -0.25) is 4.90 Å². The minimum absolute atomic E-state index is 0.00835. The Kier molecular flexibility index (Phi) is 4.56. The van der Waals surface area contributed by atoms with Gasteiger partial charge in [-0.2, -0.15) is 4.31 Å². The molecule has 142 valence electrons. The van der Waals surface area contributed by atoms with Crippen LogP contribution < -0.4 is 9.21 Å². The van der Waals surface area contributed by atoms with Gasteiger partial charge in [0.25, 0.3) is 10.0 Å². The number of rotatable bonds is 3. The summed E-state index contributed by atoms with van der Waals surface area (Å²) < 4.78 is 40.2. The van der Waals surface area contributed by atoms with Crippen LogP contribution in [-0.2, 0) is 16.6 Å². The summed E-state index contributed by atoms with van der Waals surface area (Å²) in [6.07, 6.45) is 0. The summed E-state index contributed by atoms with van der Waals surface area (Å²) in [5.41, 5.74) is 1.00. The van der Waals surface area contributed by atoms with Gasteiger partial charge in [-0.05, 0) is 48.0 Å². The summed E-state index contributed by atoms with van der Waals surface area (Å²) in [4.78, 5) is 14.6. The molecule has 1 heterocycles. The third kappa shape index (κ3) is 3.02. The molecule has 2 amide bonds. The average molecular weight is 417 g/mol. The van der Waals surface area contributed by atoms with Crippen LogP contribution in [0.25, 0.3) is 0 Å². The number of anilines is 2. The Hall–Kier alpha value is -2.90. The zero-order valence-electron chi connectivity index (χ0n) is 14.4. The van der Waals surface area contributed by atoms with Crippen molar-refractivity contribution in [1.82, 2.24) is 0 Å². The number of amides is 2. The maximum Gasteiger partial charge on any atom is 0.343 e. The van der Waals surface area contributed by atoms with Gasteiger partial charge in [-0.25, -0.2) is 17.6 Å². The van der Waals surface area contributed by atoms with Crippen LogP contribution in [0.2, 0.25) is 5.02 Å². The predicted octanol–water partition coefficient (Wildman–Crippen LogP) is 4.81. The Morgan fingerprint density at radius 3 is 2.25 bits per heavy atom. The standard InChI is InChI=1S/C20H14ClFN2O3S/c21-17-6-2-1-5-14(17)13-23-18-7-3-4-8-19(18)28(26,27)24(20(23)25)16-11-9-15(22)10-12-16/h1-12H,13H2. The van der Waals surface area contributed by atoms with Crippen LogP contribution in [0.5, 0.6) is 0 Å². The Morgan fingerprint density at radius 2 is 1.54 bits per heavy atom. The van der Waals surface area contributed by atoms with Crippen molar-refractivity contribution in [3.05, 3.63) is 89.2 Å². The van der Waals surface area contributed by atoms with Gasteiger partial charge in [0.1, 0.15) is 10.7 Å². The van der Waals surface area contributed by atoms with Gasteiger partial charge >= 0.3 is 6.03 Å². The Balaban J connectivity index is 1.88. The van der Waals surface area contributed by atoms with Gasteiger partial charge in [-0.1, -0.05) is 41.9 Å². The highest BCUT2D eigenvalue weighted by Gasteiger charge is 2.42. The monoisotopic (exact) mass is 416 g/mol. The number of carbonyl (C=O) groups is 1. The Morgan fingerprint density at radius 1 is 0.893 bits per heavy atom. The van der Waals surface area contributed by atoms with Gasteiger partial charge in [0.2, 0.25) is 0 Å². The summed E-state index contributed by atoms with van der Waals surface area (Å²) in [7, 11) is -4.15. The lowest BCUT2D eigenvalue weighted by Crippen LogP contribution is -2.50. The molecule has 0 bridgehead atoms. The van der Waals surface area contributed by atoms with E-state index in [1.807, 2.05) is 0 Å². The fourth-order valence-electron chi connectivity index (χ4n) is 3.09. The van der Waals surface area contributed by atoms with Crippen LogP contribution in [0.3, 0.4) is 0 Å². The molecule has 0 fully saturated rings. The van der Waals surface area contributed by atoms with Gasteiger partial charge < -0.3 is 0 Å². The van der Waals surface area contributed by atoms with Crippen molar-refractivity contribution in [2.24, 2.45) is 0 Å². The molecule has 3 aromatic rings. The molecule has 3 aromatic carbocycles. The number of hydrogen-bond acceptors (Lipinski definition) is 3. The molecule has 1 aliphatic heterocycles. The first kappa shape index (κ1) is 18.5. The number of fused-ring (bicyclic) bond motifs is 1. The summed E-state index contributed by atoms with van der Waals surface area (Å²) in [6.45, 7) is 0.0860. The minimum Gasteiger partial charge on any atom is -0.287 e. The van der Waals surface area contributed by atoms with E-state index in [1.165, 1.54) is 23.1 Å². The molecule has 8 heteroatoms. The molecule has 0 unspecified atom stereocenters. The molecular weight excluding hydrogens is 403 g/mol. The number of sulfonamides is 1. The van der Waals surface area contributed by atoms with Crippen LogP contribution in [-0.4, -0.2) is 14.4 Å². The largest absolute Gasteiger partial charge is 0.343 e. The fraction of sp³-hybridized carbons (Fsp3) is 0.0500. The topological polar surface area (TPSA) is 57.7 Å². The summed E-state index contributed by atoms with van der Waals surface area (Å²) in [5.74, 6) is -0.529. The number of para-hydroxylation sites is 1. The molecule has 0 atom stereocenters. The molecule has 0 spiro atoms. The average Bonchev–Trinajstić information content (AvgIpc) is 2.68. The molecule has 0 saturated heterocycles. The highest BCUT2D eigenvalue weighted by Crippen LogP contribution is 2.38. The molecule has 28 heavy (non-hydrogen) atoms. The van der Waals surface area contributed by atoms with E-state index < -0.39 is 21.9 Å². The number of nitrogens with zero attached hydrogens (tertiary/aromatic N) is 2. The normalized spacial score (nSPS) is 15.4. The molecule has 5 nitrogen and oxygen atoms in total. The van der Waals surface area contributed by atoms with Crippen LogP contribution >= 0.6 is 11.6 Å². The molecule has 0 aromatic heterocycles. The molecule has 1 aliphatic rings. The van der Waals surface area contributed by atoms with Gasteiger partial charge in [0, 0.05) is 5.02 Å². The van der Waals surface area contributed by atoms with E-state index >= 15 is 0 Å². The zero-order valence-corrected chi connectivity index (χ0v) is 16.0. The van der Waals surface area contributed by atoms with Crippen molar-refractivity contribution in [3.8, 4) is 0 Å². The van der Waals surface area contributed by atoms with Crippen LogP contribution in [0.1, 0.15) is 5.56 Å². The Labute approximate surface area is 166 Å². The molecule has 0 aliphatic carbocycles. The lowest BCUT2D eigenvalue weighted by Gasteiger charge is -2.36. The van der Waals surface area contributed by atoms with Gasteiger partial charge in [0.15, 0.2) is 0 Å². The van der Waals surface area contributed by atoms with Crippen molar-refractivity contribution < 1.29 is 17.6 Å². The lowest BCUT2D eigenvalue weighted by molar-refractivity contribution is 0.253. The van der Waals surface area contributed by atoms with E-state index in [1.54, 1.807) is 42.5 Å². The first-order valence-corrected chi connectivity index (χ1v) is 10.2. The second-order valence-electron chi connectivity index (χ2n) is 6.17. The third-order valence-electron chi connectivity index (χ3n) is 4.43. The van der Waals surface area contributed by atoms with Crippen molar-refractivity contribution in [2.75, 3.05) is 9.21 Å². The Bertz CT molecular complexity index is 1170. The molecular formula is C20H14ClFN2O3S. The first-order chi connectivity index (χ1) is 13.4. The molecule has 0 radical (unpaired) electrons. The first-order valence-electron chi connectivity index (χ1n) is 8.34. The number of benzene rings is 3. The number of hydrogen-bond donors (Lipinski definition) is 0. The van der Waals surface area contributed by atoms with E-state index in [4.69, 9.17) is 11.6 Å². The van der Waals surface area contributed by atoms with Crippen LogP contribution in [0.4, 0.5) is 20.6 Å². The quantitative estimate of drug-likeness (QED) is 0.615. The predicted molar refractivity (Wildman–Crippen MR) is 106 cm³/mol. The van der Waals surface area contributed by atoms with E-state index in [2.05, 4.69) is 0 Å². The van der Waals surface area contributed by atoms with E-state index in [0.717, 1.165) is 12.1 Å². The van der Waals surface area contributed by atoms with Crippen molar-refractivity contribution >= 4 is 39.0 Å². The highest BCUT2D eigenvalue weighted by molar-refractivity contribution is 7.94. The second kappa shape index (κ2) is 6.92. The molecule has 0 saturated carbocycles. The molecule has 0 N–H and O–H groups in total. The maximum atomic E-state index is 13.3. The fourth-order valence-corrected chi connectivity index (χ4v) is 4.88. The number of urea groups is 1.